The molecule has 0 radical (unpaired) electrons. The van der Waals surface area contributed by atoms with Gasteiger partial charge in [-0.2, -0.15) is 0 Å². The summed E-state index contributed by atoms with van der Waals surface area (Å²) >= 11 is 0. The highest BCUT2D eigenvalue weighted by Crippen LogP contribution is 2.32. The van der Waals surface area contributed by atoms with E-state index in [1.165, 1.54) is 64.5 Å². The van der Waals surface area contributed by atoms with Crippen LogP contribution in [0.3, 0.4) is 0 Å². The van der Waals surface area contributed by atoms with Gasteiger partial charge in [0.05, 0.1) is 0 Å². The molecule has 1 unspecified atom stereocenters. The van der Waals surface area contributed by atoms with E-state index in [9.17, 15) is 19.5 Å². The van der Waals surface area contributed by atoms with Crippen molar-refractivity contribution in [2.24, 2.45) is 0 Å². The highest BCUT2D eigenvalue weighted by molar-refractivity contribution is 6.01. The van der Waals surface area contributed by atoms with Crippen molar-refractivity contribution >= 4 is 17.7 Å². The monoisotopic (exact) mass is 396 g/mol. The van der Waals surface area contributed by atoms with E-state index in [0.717, 1.165) is 25.7 Å². The van der Waals surface area contributed by atoms with Crippen LogP contribution in [0.25, 0.3) is 0 Å². The highest BCUT2D eigenvalue weighted by Gasteiger charge is 2.54. The molecule has 0 aliphatic heterocycles. The van der Waals surface area contributed by atoms with Gasteiger partial charge >= 0.3 is 11.9 Å². The summed E-state index contributed by atoms with van der Waals surface area (Å²) in [6, 6.07) is 0. The van der Waals surface area contributed by atoms with Crippen molar-refractivity contribution in [1.29, 1.82) is 0 Å². The smallest absolute Gasteiger partial charge is 0.303 e. The van der Waals surface area contributed by atoms with Gasteiger partial charge < -0.3 is 14.6 Å². The Hall–Kier alpha value is -1.69. The van der Waals surface area contributed by atoms with E-state index in [0.29, 0.717) is 6.42 Å². The molecule has 1 aliphatic rings. The van der Waals surface area contributed by atoms with Crippen LogP contribution >= 0.6 is 0 Å². The number of carbonyl (C=O) groups is 3. The summed E-state index contributed by atoms with van der Waals surface area (Å²) in [5, 5.41) is 11.0. The lowest BCUT2D eigenvalue weighted by Gasteiger charge is -2.34. The van der Waals surface area contributed by atoms with Crippen molar-refractivity contribution in [3.05, 3.63) is 12.2 Å². The van der Waals surface area contributed by atoms with Gasteiger partial charge in [-0.05, 0) is 25.0 Å². The van der Waals surface area contributed by atoms with Crippen LogP contribution in [-0.2, 0) is 23.9 Å². The molecule has 0 bridgehead atoms. The molecule has 0 amide bonds. The number of hydrogen-bond donors (Lipinski definition) is 1. The van der Waals surface area contributed by atoms with Gasteiger partial charge in [-0.3, -0.25) is 14.4 Å². The maximum absolute atomic E-state index is 12.3. The lowest BCUT2D eigenvalue weighted by molar-refractivity contribution is -0.186. The SMILES string of the molecule is CCCCCCCCCCCCC(OC(C)=O)[C@@]1(O)C(=O)C=C[C@H]1OC(C)=O. The van der Waals surface area contributed by atoms with Gasteiger partial charge in [0.2, 0.25) is 5.60 Å². The molecule has 0 spiro atoms. The summed E-state index contributed by atoms with van der Waals surface area (Å²) in [5.41, 5.74) is -2.05. The third-order valence-corrected chi connectivity index (χ3v) is 5.16. The van der Waals surface area contributed by atoms with E-state index >= 15 is 0 Å². The van der Waals surface area contributed by atoms with E-state index in [-0.39, 0.29) is 0 Å². The molecule has 1 rings (SSSR count). The standard InChI is InChI=1S/C22H36O6/c1-4-5-6-7-8-9-10-11-12-13-14-20(27-17(2)23)22(26)19(25)15-16-21(22)28-18(3)24/h15-16,20-21,26H,4-14H2,1-3H3/t20?,21-,22+/m1/s1. The zero-order chi connectivity index (χ0) is 21.0. The average molecular weight is 397 g/mol. The minimum Gasteiger partial charge on any atom is -0.459 e. The minimum absolute atomic E-state index is 0.345. The van der Waals surface area contributed by atoms with Crippen LogP contribution in [0, 0.1) is 0 Å². The second-order valence-corrected chi connectivity index (χ2v) is 7.65. The van der Waals surface area contributed by atoms with Crippen LogP contribution in [0.1, 0.15) is 91.4 Å². The zero-order valence-electron chi connectivity index (χ0n) is 17.6. The molecule has 1 N–H and O–H groups in total. The normalized spacial score (nSPS) is 22.3. The Morgan fingerprint density at radius 2 is 1.54 bits per heavy atom. The van der Waals surface area contributed by atoms with Gasteiger partial charge in [-0.25, -0.2) is 0 Å². The predicted octanol–water partition coefficient (Wildman–Crippen LogP) is 4.03. The first-order valence-electron chi connectivity index (χ1n) is 10.6. The Balaban J connectivity index is 2.47. The van der Waals surface area contributed by atoms with Crippen molar-refractivity contribution in [3.8, 4) is 0 Å². The number of carbonyl (C=O) groups excluding carboxylic acids is 3. The Labute approximate surface area is 168 Å². The number of ketones is 1. The third kappa shape index (κ3) is 7.74. The van der Waals surface area contributed by atoms with Crippen molar-refractivity contribution < 1.29 is 29.0 Å². The largest absolute Gasteiger partial charge is 0.459 e. The Bertz CT molecular complexity index is 541. The van der Waals surface area contributed by atoms with E-state index in [1.807, 2.05) is 0 Å². The van der Waals surface area contributed by atoms with Crippen LogP contribution in [-0.4, -0.2) is 40.6 Å². The molecule has 28 heavy (non-hydrogen) atoms. The maximum Gasteiger partial charge on any atom is 0.303 e. The van der Waals surface area contributed by atoms with Gasteiger partial charge in [0.25, 0.3) is 0 Å². The number of aliphatic hydroxyl groups is 1. The second kappa shape index (κ2) is 12.7. The first kappa shape index (κ1) is 24.3. The fourth-order valence-electron chi connectivity index (χ4n) is 3.63. The molecule has 0 aromatic carbocycles. The predicted molar refractivity (Wildman–Crippen MR) is 107 cm³/mol. The molecule has 0 saturated carbocycles. The van der Waals surface area contributed by atoms with Crippen LogP contribution in [0.2, 0.25) is 0 Å². The molecule has 0 aromatic rings. The third-order valence-electron chi connectivity index (χ3n) is 5.16. The van der Waals surface area contributed by atoms with Crippen molar-refractivity contribution in [2.45, 2.75) is 109 Å². The second-order valence-electron chi connectivity index (χ2n) is 7.65. The zero-order valence-corrected chi connectivity index (χ0v) is 17.6. The topological polar surface area (TPSA) is 89.9 Å². The first-order chi connectivity index (χ1) is 13.3. The summed E-state index contributed by atoms with van der Waals surface area (Å²) in [7, 11) is 0. The van der Waals surface area contributed by atoms with E-state index in [2.05, 4.69) is 6.92 Å². The van der Waals surface area contributed by atoms with Gasteiger partial charge in [-0.1, -0.05) is 64.7 Å². The van der Waals surface area contributed by atoms with Crippen LogP contribution < -0.4 is 0 Å². The van der Waals surface area contributed by atoms with Gasteiger partial charge in [0, 0.05) is 13.8 Å². The van der Waals surface area contributed by atoms with Crippen LogP contribution in [0.4, 0.5) is 0 Å². The number of ether oxygens (including phenoxy) is 2. The Morgan fingerprint density at radius 1 is 1.00 bits per heavy atom. The van der Waals surface area contributed by atoms with Crippen molar-refractivity contribution in [3.63, 3.8) is 0 Å². The molecule has 1 aliphatic carbocycles. The highest BCUT2D eigenvalue weighted by atomic mass is 16.6. The summed E-state index contributed by atoms with van der Waals surface area (Å²) in [5.74, 6) is -1.79. The van der Waals surface area contributed by atoms with Crippen molar-refractivity contribution in [2.75, 3.05) is 0 Å². The van der Waals surface area contributed by atoms with Crippen molar-refractivity contribution in [1.82, 2.24) is 0 Å². The molecule has 0 fully saturated rings. The minimum atomic E-state index is -2.05. The number of hydrogen-bond acceptors (Lipinski definition) is 6. The molecular formula is C22H36O6. The summed E-state index contributed by atoms with van der Waals surface area (Å²) in [4.78, 5) is 35.1. The molecule has 6 nitrogen and oxygen atoms in total. The maximum atomic E-state index is 12.3. The average Bonchev–Trinajstić information content (AvgIpc) is 2.90. The van der Waals surface area contributed by atoms with Crippen LogP contribution in [0.15, 0.2) is 12.2 Å². The lowest BCUT2D eigenvalue weighted by atomic mass is 9.87. The van der Waals surface area contributed by atoms with Gasteiger partial charge in [0.15, 0.2) is 11.9 Å². The Morgan fingerprint density at radius 3 is 2.04 bits per heavy atom. The molecule has 3 atom stereocenters. The lowest BCUT2D eigenvalue weighted by Crippen LogP contribution is -2.56. The summed E-state index contributed by atoms with van der Waals surface area (Å²) < 4.78 is 10.3. The number of unbranched alkanes of at least 4 members (excludes halogenated alkanes) is 9. The van der Waals surface area contributed by atoms with Gasteiger partial charge in [-0.15, -0.1) is 0 Å². The molecule has 6 heteroatoms. The molecule has 0 aromatic heterocycles. The number of esters is 2. The first-order valence-corrected chi connectivity index (χ1v) is 10.6. The molecule has 160 valence electrons. The fraction of sp³-hybridized carbons (Fsp3) is 0.773. The molecule has 0 heterocycles. The van der Waals surface area contributed by atoms with E-state index in [1.54, 1.807) is 0 Å². The van der Waals surface area contributed by atoms with E-state index in [4.69, 9.17) is 9.47 Å². The summed E-state index contributed by atoms with van der Waals surface area (Å²) in [6.07, 6.45) is 12.2. The Kier molecular flexibility index (Phi) is 11.0. The fourth-order valence-corrected chi connectivity index (χ4v) is 3.63. The van der Waals surface area contributed by atoms with Gasteiger partial charge in [0.1, 0.15) is 6.10 Å². The van der Waals surface area contributed by atoms with Crippen LogP contribution in [0.5, 0.6) is 0 Å². The summed E-state index contributed by atoms with van der Waals surface area (Å²) in [6.45, 7) is 4.66. The molecular weight excluding hydrogens is 360 g/mol. The quantitative estimate of drug-likeness (QED) is 0.352. The molecule has 0 saturated heterocycles. The van der Waals surface area contributed by atoms with E-state index < -0.39 is 35.5 Å². The number of rotatable bonds is 14.